The van der Waals surface area contributed by atoms with Crippen molar-refractivity contribution in [3.05, 3.63) is 50.6 Å². The van der Waals surface area contributed by atoms with Crippen LogP contribution in [0.15, 0.2) is 32.4 Å². The van der Waals surface area contributed by atoms with Gasteiger partial charge in [0.25, 0.3) is 5.56 Å². The third-order valence-corrected chi connectivity index (χ3v) is 3.59. The summed E-state index contributed by atoms with van der Waals surface area (Å²) in [6, 6.07) is 2.13. The minimum absolute atomic E-state index is 0.229. The molecule has 0 fully saturated rings. The molecule has 2 aromatic heterocycles. The first-order valence-corrected chi connectivity index (χ1v) is 7.09. The molecule has 1 aliphatic heterocycles. The lowest BCUT2D eigenvalue weighted by molar-refractivity contribution is 0.246. The van der Waals surface area contributed by atoms with Gasteiger partial charge in [0.1, 0.15) is 17.6 Å². The predicted molar refractivity (Wildman–Crippen MR) is 78.9 cm³/mol. The van der Waals surface area contributed by atoms with Crippen molar-refractivity contribution in [2.45, 2.75) is 32.4 Å². The maximum absolute atomic E-state index is 12.2. The van der Waals surface area contributed by atoms with Crippen molar-refractivity contribution in [1.29, 1.82) is 0 Å². The number of aromatic nitrogens is 2. The molecule has 0 saturated heterocycles. The number of H-pyrrole nitrogens is 1. The van der Waals surface area contributed by atoms with Gasteiger partial charge < -0.3 is 9.73 Å². The average molecular weight is 304 g/mol. The van der Waals surface area contributed by atoms with E-state index in [4.69, 9.17) is 4.42 Å². The van der Waals surface area contributed by atoms with Crippen LogP contribution >= 0.6 is 0 Å². The molecule has 1 unspecified atom stereocenters. The number of carbonyl (C=O) groups is 1. The fourth-order valence-electron chi connectivity index (χ4n) is 2.53. The Morgan fingerprint density at radius 1 is 1.32 bits per heavy atom. The summed E-state index contributed by atoms with van der Waals surface area (Å²) in [7, 11) is 0. The molecule has 0 radical (unpaired) electrons. The number of rotatable bonds is 4. The summed E-state index contributed by atoms with van der Waals surface area (Å²) in [5.74, 6) is 0.662. The molecule has 0 aliphatic carbocycles. The van der Waals surface area contributed by atoms with Crippen molar-refractivity contribution >= 4 is 11.8 Å². The van der Waals surface area contributed by atoms with Gasteiger partial charge >= 0.3 is 11.7 Å². The number of hydrogen-bond acceptors (Lipinski definition) is 4. The van der Waals surface area contributed by atoms with Gasteiger partial charge in [-0.2, -0.15) is 0 Å². The lowest BCUT2D eigenvalue weighted by Gasteiger charge is -2.27. The van der Waals surface area contributed by atoms with Gasteiger partial charge in [-0.25, -0.2) is 9.59 Å². The Bertz CT molecular complexity index is 803. The minimum atomic E-state index is -0.726. The predicted octanol–water partition coefficient (Wildman–Crippen LogP) is 1.15. The fourth-order valence-corrected chi connectivity index (χ4v) is 2.53. The molecule has 22 heavy (non-hydrogen) atoms. The molecule has 8 nitrogen and oxygen atoms in total. The van der Waals surface area contributed by atoms with Gasteiger partial charge in [-0.3, -0.25) is 19.7 Å². The van der Waals surface area contributed by atoms with Gasteiger partial charge in [-0.1, -0.05) is 13.3 Å². The van der Waals surface area contributed by atoms with Crippen LogP contribution in [0, 0.1) is 0 Å². The van der Waals surface area contributed by atoms with Crippen LogP contribution in [0.5, 0.6) is 0 Å². The fraction of sp³-hybridized carbons (Fsp3) is 0.357. The molecule has 0 aromatic carbocycles. The molecule has 1 aliphatic rings. The second-order valence-electron chi connectivity index (χ2n) is 5.07. The van der Waals surface area contributed by atoms with Crippen molar-refractivity contribution in [3.8, 4) is 0 Å². The number of fused-ring (bicyclic) bond motifs is 1. The maximum atomic E-state index is 12.2. The number of furan rings is 1. The Hall–Kier alpha value is -2.77. The van der Waals surface area contributed by atoms with Gasteiger partial charge in [0.15, 0.2) is 0 Å². The zero-order valence-corrected chi connectivity index (χ0v) is 12.0. The van der Waals surface area contributed by atoms with Crippen molar-refractivity contribution in [3.63, 3.8) is 0 Å². The highest BCUT2D eigenvalue weighted by molar-refractivity contribution is 5.92. The number of nitrogens with zero attached hydrogens (tertiary/aromatic N) is 1. The van der Waals surface area contributed by atoms with Crippen LogP contribution in [-0.4, -0.2) is 15.6 Å². The summed E-state index contributed by atoms with van der Waals surface area (Å²) in [4.78, 5) is 38.4. The van der Waals surface area contributed by atoms with Crippen LogP contribution in [0.3, 0.4) is 0 Å². The van der Waals surface area contributed by atoms with E-state index in [0.29, 0.717) is 12.3 Å². The number of urea groups is 1. The third-order valence-electron chi connectivity index (χ3n) is 3.59. The molecule has 0 bridgehead atoms. The van der Waals surface area contributed by atoms with E-state index >= 15 is 0 Å². The minimum Gasteiger partial charge on any atom is -0.467 e. The van der Waals surface area contributed by atoms with Crippen molar-refractivity contribution in [2.75, 3.05) is 5.32 Å². The molecular formula is C14H16N4O4. The molecule has 0 saturated carbocycles. The second-order valence-corrected chi connectivity index (χ2v) is 5.07. The van der Waals surface area contributed by atoms with Gasteiger partial charge in [0.05, 0.1) is 11.8 Å². The van der Waals surface area contributed by atoms with Crippen LogP contribution in [0.25, 0.3) is 0 Å². The van der Waals surface area contributed by atoms with E-state index in [9.17, 15) is 14.4 Å². The molecule has 8 heteroatoms. The highest BCUT2D eigenvalue weighted by Crippen LogP contribution is 2.28. The maximum Gasteiger partial charge on any atom is 0.329 e. The van der Waals surface area contributed by atoms with E-state index in [1.165, 1.54) is 10.8 Å². The van der Waals surface area contributed by atoms with Gasteiger partial charge in [0, 0.05) is 6.54 Å². The zero-order valence-electron chi connectivity index (χ0n) is 12.0. The number of aromatic amines is 1. The molecule has 2 amide bonds. The first-order valence-electron chi connectivity index (χ1n) is 7.09. The number of hydrogen-bond donors (Lipinski definition) is 3. The van der Waals surface area contributed by atoms with Crippen molar-refractivity contribution < 1.29 is 9.21 Å². The number of amides is 2. The van der Waals surface area contributed by atoms with E-state index in [2.05, 4.69) is 15.6 Å². The summed E-state index contributed by atoms with van der Waals surface area (Å²) in [5.41, 5.74) is -0.801. The normalized spacial score (nSPS) is 16.8. The molecule has 0 spiro atoms. The Labute approximate surface area is 125 Å². The highest BCUT2D eigenvalue weighted by atomic mass is 16.3. The van der Waals surface area contributed by atoms with E-state index in [1.807, 2.05) is 6.92 Å². The highest BCUT2D eigenvalue weighted by Gasteiger charge is 2.32. The van der Waals surface area contributed by atoms with E-state index in [-0.39, 0.29) is 11.4 Å². The van der Waals surface area contributed by atoms with Crippen LogP contribution in [-0.2, 0) is 6.54 Å². The topological polar surface area (TPSA) is 109 Å². The summed E-state index contributed by atoms with van der Waals surface area (Å²) in [5, 5.41) is 5.20. The molecule has 2 aromatic rings. The molecule has 116 valence electrons. The molecule has 3 N–H and O–H groups in total. The summed E-state index contributed by atoms with van der Waals surface area (Å²) in [6.45, 7) is 2.41. The standard InChI is InChI=1S/C14H16N4O4/c1-2-3-6-18-11-9(12(19)17-14(18)21)10(15-13(20)16-11)8-5-4-7-22-8/h4-5,7,10H,2-3,6H2,1H3,(H2,15,16,20)(H,17,19,21). The SMILES string of the molecule is CCCCn1c2c(c(=O)[nH]c1=O)C(c1ccco1)NC(=O)N2. The Kier molecular flexibility index (Phi) is 3.58. The number of nitrogens with one attached hydrogen (secondary N) is 3. The zero-order chi connectivity index (χ0) is 15.7. The number of unbranched alkanes of at least 4 members (excludes halogenated alkanes) is 1. The summed E-state index contributed by atoms with van der Waals surface area (Å²) >= 11 is 0. The van der Waals surface area contributed by atoms with Crippen LogP contribution in [0.2, 0.25) is 0 Å². The molecule has 3 heterocycles. The van der Waals surface area contributed by atoms with Gasteiger partial charge in [-0.05, 0) is 18.6 Å². The largest absolute Gasteiger partial charge is 0.467 e. The van der Waals surface area contributed by atoms with Crippen LogP contribution < -0.4 is 21.9 Å². The van der Waals surface area contributed by atoms with Crippen molar-refractivity contribution in [2.24, 2.45) is 0 Å². The van der Waals surface area contributed by atoms with Crippen molar-refractivity contribution in [1.82, 2.24) is 14.9 Å². The summed E-state index contributed by atoms with van der Waals surface area (Å²) in [6.07, 6.45) is 3.10. The van der Waals surface area contributed by atoms with E-state index < -0.39 is 23.3 Å². The quantitative estimate of drug-likeness (QED) is 0.787. The lowest BCUT2D eigenvalue weighted by Crippen LogP contribution is -2.46. The third kappa shape index (κ3) is 2.32. The number of carbonyl (C=O) groups excluding carboxylic acids is 1. The van der Waals surface area contributed by atoms with Gasteiger partial charge in [-0.15, -0.1) is 0 Å². The average Bonchev–Trinajstić information content (AvgIpc) is 3.00. The first kappa shape index (κ1) is 14.2. The Morgan fingerprint density at radius 3 is 2.82 bits per heavy atom. The van der Waals surface area contributed by atoms with E-state index in [1.54, 1.807) is 12.1 Å². The molecular weight excluding hydrogens is 288 g/mol. The smallest absolute Gasteiger partial charge is 0.329 e. The van der Waals surface area contributed by atoms with Crippen LogP contribution in [0.4, 0.5) is 10.6 Å². The molecule has 1 atom stereocenters. The lowest BCUT2D eigenvalue weighted by atomic mass is 10.0. The first-order chi connectivity index (χ1) is 10.6. The number of anilines is 1. The Balaban J connectivity index is 2.20. The van der Waals surface area contributed by atoms with E-state index in [0.717, 1.165) is 12.8 Å². The summed E-state index contributed by atoms with van der Waals surface area (Å²) < 4.78 is 6.69. The van der Waals surface area contributed by atoms with Gasteiger partial charge in [0.2, 0.25) is 0 Å². The van der Waals surface area contributed by atoms with Crippen LogP contribution in [0.1, 0.15) is 37.1 Å². The monoisotopic (exact) mass is 304 g/mol. The second kappa shape index (κ2) is 5.55. The Morgan fingerprint density at radius 2 is 2.14 bits per heavy atom. The molecule has 3 rings (SSSR count).